The molecule has 0 spiro atoms. The first-order valence-electron chi connectivity index (χ1n) is 7.37. The minimum absolute atomic E-state index is 0.129. The zero-order valence-corrected chi connectivity index (χ0v) is 14.6. The molecule has 0 fully saturated rings. The first kappa shape index (κ1) is 17.1. The Hall–Kier alpha value is -2.71. The zero-order chi connectivity index (χ0) is 17.6. The molecular formula is C17H14BrN3O4. The fraction of sp³-hybridized carbons (Fsp3) is 0.118. The van der Waals surface area contributed by atoms with Gasteiger partial charge in [-0.2, -0.15) is 4.98 Å². The number of amides is 1. The normalized spacial score (nSPS) is 10.5. The minimum Gasteiger partial charge on any atom is -0.489 e. The van der Waals surface area contributed by atoms with Gasteiger partial charge in [0.1, 0.15) is 18.8 Å². The van der Waals surface area contributed by atoms with E-state index in [1.54, 1.807) is 0 Å². The number of rotatable bonds is 6. The van der Waals surface area contributed by atoms with E-state index in [-0.39, 0.29) is 12.3 Å². The van der Waals surface area contributed by atoms with Gasteiger partial charge >= 0.3 is 0 Å². The average molecular weight is 404 g/mol. The SMILES string of the molecule is O=C(Cc1nc(-c2ccc(COc3ccc(Br)cc3)cc2)no1)NO. The molecule has 1 aromatic heterocycles. The van der Waals surface area contributed by atoms with E-state index in [9.17, 15) is 4.79 Å². The molecule has 0 aliphatic heterocycles. The smallest absolute Gasteiger partial charge is 0.252 e. The maximum Gasteiger partial charge on any atom is 0.252 e. The number of halogens is 1. The third-order valence-corrected chi connectivity index (χ3v) is 3.86. The molecule has 2 aromatic carbocycles. The van der Waals surface area contributed by atoms with Crippen LogP contribution in [-0.2, 0) is 17.8 Å². The van der Waals surface area contributed by atoms with Gasteiger partial charge in [-0.25, -0.2) is 5.48 Å². The summed E-state index contributed by atoms with van der Waals surface area (Å²) in [4.78, 5) is 15.2. The second kappa shape index (κ2) is 7.91. The van der Waals surface area contributed by atoms with Gasteiger partial charge in [-0.05, 0) is 29.8 Å². The summed E-state index contributed by atoms with van der Waals surface area (Å²) in [5.41, 5.74) is 3.27. The fourth-order valence-electron chi connectivity index (χ4n) is 2.07. The molecule has 0 saturated carbocycles. The molecule has 0 radical (unpaired) electrons. The first-order chi connectivity index (χ1) is 12.1. The lowest BCUT2D eigenvalue weighted by Crippen LogP contribution is -2.20. The predicted molar refractivity (Wildman–Crippen MR) is 91.8 cm³/mol. The van der Waals surface area contributed by atoms with Crippen LogP contribution in [0.4, 0.5) is 0 Å². The van der Waals surface area contributed by atoms with E-state index in [0.717, 1.165) is 21.3 Å². The fourth-order valence-corrected chi connectivity index (χ4v) is 2.33. The highest BCUT2D eigenvalue weighted by Gasteiger charge is 2.12. The largest absolute Gasteiger partial charge is 0.489 e. The van der Waals surface area contributed by atoms with Crippen molar-refractivity contribution in [2.24, 2.45) is 0 Å². The maximum absolute atomic E-state index is 11.1. The molecular weight excluding hydrogens is 390 g/mol. The highest BCUT2D eigenvalue weighted by atomic mass is 79.9. The summed E-state index contributed by atoms with van der Waals surface area (Å²) in [6, 6.07) is 15.1. The molecule has 3 aromatic rings. The molecule has 0 saturated heterocycles. The second-order valence-corrected chi connectivity index (χ2v) is 6.08. The van der Waals surface area contributed by atoms with Crippen LogP contribution in [-0.4, -0.2) is 21.3 Å². The van der Waals surface area contributed by atoms with Gasteiger partial charge in [0.15, 0.2) is 0 Å². The Kier molecular flexibility index (Phi) is 5.42. The summed E-state index contributed by atoms with van der Waals surface area (Å²) < 4.78 is 11.7. The van der Waals surface area contributed by atoms with Crippen LogP contribution >= 0.6 is 15.9 Å². The Labute approximate surface area is 151 Å². The number of hydrogen-bond donors (Lipinski definition) is 2. The molecule has 1 amide bonds. The molecule has 2 N–H and O–H groups in total. The summed E-state index contributed by atoms with van der Waals surface area (Å²) in [5.74, 6) is 0.679. The lowest BCUT2D eigenvalue weighted by molar-refractivity contribution is -0.128. The van der Waals surface area contributed by atoms with E-state index in [1.807, 2.05) is 48.5 Å². The van der Waals surface area contributed by atoms with Gasteiger partial charge in [0, 0.05) is 10.0 Å². The van der Waals surface area contributed by atoms with Crippen LogP contribution in [0.1, 0.15) is 11.5 Å². The summed E-state index contributed by atoms with van der Waals surface area (Å²) in [6.07, 6.45) is -0.178. The van der Waals surface area contributed by atoms with Crippen molar-refractivity contribution in [2.45, 2.75) is 13.0 Å². The van der Waals surface area contributed by atoms with Gasteiger partial charge in [0.25, 0.3) is 5.91 Å². The third-order valence-electron chi connectivity index (χ3n) is 3.34. The van der Waals surface area contributed by atoms with E-state index in [1.165, 1.54) is 5.48 Å². The number of hydroxylamine groups is 1. The first-order valence-corrected chi connectivity index (χ1v) is 8.16. The maximum atomic E-state index is 11.1. The second-order valence-electron chi connectivity index (χ2n) is 5.16. The van der Waals surface area contributed by atoms with E-state index >= 15 is 0 Å². The topological polar surface area (TPSA) is 97.5 Å². The molecule has 25 heavy (non-hydrogen) atoms. The number of ether oxygens (including phenoxy) is 1. The molecule has 8 heteroatoms. The Bertz CT molecular complexity index is 847. The molecule has 7 nitrogen and oxygen atoms in total. The van der Waals surface area contributed by atoms with Crippen LogP contribution in [0.15, 0.2) is 57.5 Å². The number of carbonyl (C=O) groups is 1. The number of carbonyl (C=O) groups excluding carboxylic acids is 1. The quantitative estimate of drug-likeness (QED) is 0.484. The van der Waals surface area contributed by atoms with Gasteiger partial charge in [-0.15, -0.1) is 0 Å². The summed E-state index contributed by atoms with van der Waals surface area (Å²) >= 11 is 3.38. The van der Waals surface area contributed by atoms with Crippen molar-refractivity contribution in [1.29, 1.82) is 0 Å². The van der Waals surface area contributed by atoms with E-state index < -0.39 is 5.91 Å². The van der Waals surface area contributed by atoms with Crippen LogP contribution < -0.4 is 10.2 Å². The summed E-state index contributed by atoms with van der Waals surface area (Å²) in [7, 11) is 0. The predicted octanol–water partition coefficient (Wildman–Crippen LogP) is 3.13. The molecule has 128 valence electrons. The average Bonchev–Trinajstić information content (AvgIpc) is 3.10. The van der Waals surface area contributed by atoms with Crippen LogP contribution in [0.2, 0.25) is 0 Å². The van der Waals surface area contributed by atoms with E-state index in [4.69, 9.17) is 14.5 Å². The third kappa shape index (κ3) is 4.65. The van der Waals surface area contributed by atoms with Crippen molar-refractivity contribution in [2.75, 3.05) is 0 Å². The van der Waals surface area contributed by atoms with E-state index in [2.05, 4.69) is 26.1 Å². The molecule has 0 aliphatic rings. The van der Waals surface area contributed by atoms with Gasteiger partial charge in [0.2, 0.25) is 11.7 Å². The van der Waals surface area contributed by atoms with Crippen molar-refractivity contribution in [3.63, 3.8) is 0 Å². The monoisotopic (exact) mass is 403 g/mol. The Morgan fingerprint density at radius 3 is 2.56 bits per heavy atom. The van der Waals surface area contributed by atoms with Gasteiger partial charge in [0.05, 0.1) is 0 Å². The summed E-state index contributed by atoms with van der Waals surface area (Å²) in [5, 5.41) is 12.3. The van der Waals surface area contributed by atoms with Gasteiger partial charge in [-0.3, -0.25) is 10.0 Å². The van der Waals surface area contributed by atoms with Gasteiger partial charge in [-0.1, -0.05) is 45.4 Å². The van der Waals surface area contributed by atoms with Crippen LogP contribution in [0.25, 0.3) is 11.4 Å². The van der Waals surface area contributed by atoms with Crippen molar-refractivity contribution in [3.05, 3.63) is 64.5 Å². The number of hydrogen-bond acceptors (Lipinski definition) is 6. The lowest BCUT2D eigenvalue weighted by Gasteiger charge is -2.06. The van der Waals surface area contributed by atoms with Crippen molar-refractivity contribution >= 4 is 21.8 Å². The molecule has 1 heterocycles. The Morgan fingerprint density at radius 1 is 1.16 bits per heavy atom. The number of benzene rings is 2. The Morgan fingerprint density at radius 2 is 1.88 bits per heavy atom. The molecule has 0 bridgehead atoms. The lowest BCUT2D eigenvalue weighted by atomic mass is 10.1. The van der Waals surface area contributed by atoms with Crippen molar-refractivity contribution < 1.29 is 19.3 Å². The number of nitrogens with zero attached hydrogens (tertiary/aromatic N) is 2. The molecule has 0 atom stereocenters. The highest BCUT2D eigenvalue weighted by Crippen LogP contribution is 2.19. The van der Waals surface area contributed by atoms with Crippen LogP contribution in [0.3, 0.4) is 0 Å². The van der Waals surface area contributed by atoms with E-state index in [0.29, 0.717) is 12.4 Å². The zero-order valence-electron chi connectivity index (χ0n) is 13.0. The van der Waals surface area contributed by atoms with Crippen molar-refractivity contribution in [1.82, 2.24) is 15.6 Å². The standard InChI is InChI=1S/C17H14BrN3O4/c18-13-5-7-14(8-6-13)24-10-11-1-3-12(4-2-11)17-19-16(25-21-17)9-15(22)20-23/h1-8,23H,9-10H2,(H,20,22). The summed E-state index contributed by atoms with van der Waals surface area (Å²) in [6.45, 7) is 0.441. The molecule has 3 rings (SSSR count). The van der Waals surface area contributed by atoms with Crippen LogP contribution in [0, 0.1) is 0 Å². The highest BCUT2D eigenvalue weighted by molar-refractivity contribution is 9.10. The molecule has 0 unspecified atom stereocenters. The minimum atomic E-state index is -0.615. The van der Waals surface area contributed by atoms with Gasteiger partial charge < -0.3 is 9.26 Å². The molecule has 0 aliphatic carbocycles. The van der Waals surface area contributed by atoms with Crippen molar-refractivity contribution in [3.8, 4) is 17.1 Å². The Balaban J connectivity index is 1.62. The number of nitrogens with one attached hydrogen (secondary N) is 1. The van der Waals surface area contributed by atoms with Crippen LogP contribution in [0.5, 0.6) is 5.75 Å². The number of aromatic nitrogens is 2.